The molecule has 0 saturated carbocycles. The summed E-state index contributed by atoms with van der Waals surface area (Å²) in [6.07, 6.45) is 3.79. The van der Waals surface area contributed by atoms with E-state index in [0.29, 0.717) is 6.54 Å². The minimum Gasteiger partial charge on any atom is -0.481 e. The van der Waals surface area contributed by atoms with Crippen molar-refractivity contribution in [3.8, 4) is 0 Å². The topological polar surface area (TPSA) is 89.9 Å². The Morgan fingerprint density at radius 3 is 2.58 bits per heavy atom. The van der Waals surface area contributed by atoms with E-state index >= 15 is 0 Å². The summed E-state index contributed by atoms with van der Waals surface area (Å²) in [5.74, 6) is -0.942. The fraction of sp³-hybridized carbons (Fsp3) is 0.846. The number of likely N-dealkylation sites (tertiary alicyclic amines) is 1. The third kappa shape index (κ3) is 4.38. The second-order valence-electron chi connectivity index (χ2n) is 5.73. The molecule has 0 aromatic rings. The Morgan fingerprint density at radius 2 is 2.00 bits per heavy atom. The van der Waals surface area contributed by atoms with Gasteiger partial charge in [0, 0.05) is 13.1 Å². The predicted molar refractivity (Wildman–Crippen MR) is 70.9 cm³/mol. The van der Waals surface area contributed by atoms with E-state index in [1.54, 1.807) is 18.7 Å². The van der Waals surface area contributed by atoms with Gasteiger partial charge in [0.05, 0.1) is 18.1 Å². The third-order valence-electron chi connectivity index (χ3n) is 3.61. The number of nitrogens with one attached hydrogen (secondary N) is 1. The van der Waals surface area contributed by atoms with E-state index in [0.717, 1.165) is 25.7 Å². The van der Waals surface area contributed by atoms with Gasteiger partial charge in [-0.25, -0.2) is 4.79 Å². The first-order chi connectivity index (χ1) is 8.88. The van der Waals surface area contributed by atoms with Crippen molar-refractivity contribution in [3.05, 3.63) is 0 Å². The lowest BCUT2D eigenvalue weighted by atomic mass is 9.94. The van der Waals surface area contributed by atoms with Crippen LogP contribution in [0.4, 0.5) is 4.79 Å². The van der Waals surface area contributed by atoms with E-state index in [4.69, 9.17) is 5.11 Å². The van der Waals surface area contributed by atoms with E-state index in [1.165, 1.54) is 0 Å². The van der Waals surface area contributed by atoms with Gasteiger partial charge in [0.25, 0.3) is 0 Å². The maximum absolute atomic E-state index is 12.1. The van der Waals surface area contributed by atoms with Crippen molar-refractivity contribution in [3.63, 3.8) is 0 Å². The summed E-state index contributed by atoms with van der Waals surface area (Å²) in [5, 5.41) is 21.0. The van der Waals surface area contributed by atoms with E-state index in [1.807, 2.05) is 0 Å². The van der Waals surface area contributed by atoms with Crippen LogP contribution in [0.15, 0.2) is 0 Å². The Bertz CT molecular complexity index is 331. The molecule has 0 aromatic carbocycles. The van der Waals surface area contributed by atoms with Gasteiger partial charge in [-0.15, -0.1) is 0 Å². The molecule has 0 aromatic heterocycles. The van der Waals surface area contributed by atoms with Gasteiger partial charge in [0.2, 0.25) is 0 Å². The fourth-order valence-corrected chi connectivity index (χ4v) is 2.11. The maximum Gasteiger partial charge on any atom is 0.317 e. The minimum atomic E-state index is -0.990. The Kier molecular flexibility index (Phi) is 5.60. The number of hydrogen-bond donors (Lipinski definition) is 3. The van der Waals surface area contributed by atoms with Crippen molar-refractivity contribution >= 4 is 12.0 Å². The smallest absolute Gasteiger partial charge is 0.317 e. The number of carbonyl (C=O) groups excluding carboxylic acids is 1. The van der Waals surface area contributed by atoms with Crippen molar-refractivity contribution in [1.29, 1.82) is 0 Å². The van der Waals surface area contributed by atoms with E-state index < -0.39 is 11.4 Å². The molecule has 1 rings (SSSR count). The standard InChI is InChI=1S/C13H24N2O4/c1-13(2,11(17)18)9-14-12(19)15-7-5-3-4-6-10(15)8-16/h10,16H,3-9H2,1-2H3,(H,14,19)(H,17,18). The van der Waals surface area contributed by atoms with Crippen LogP contribution < -0.4 is 5.32 Å². The summed E-state index contributed by atoms with van der Waals surface area (Å²) in [5.41, 5.74) is -0.990. The van der Waals surface area contributed by atoms with Crippen LogP contribution in [0.5, 0.6) is 0 Å². The number of nitrogens with zero attached hydrogens (tertiary/aromatic N) is 1. The zero-order valence-corrected chi connectivity index (χ0v) is 11.7. The normalized spacial score (nSPS) is 20.8. The predicted octanol–water partition coefficient (Wildman–Crippen LogP) is 1.04. The SMILES string of the molecule is CC(C)(CNC(=O)N1CCCCCC1CO)C(=O)O. The first-order valence-corrected chi connectivity index (χ1v) is 6.77. The molecule has 1 atom stereocenters. The Hall–Kier alpha value is -1.30. The molecule has 6 heteroatoms. The summed E-state index contributed by atoms with van der Waals surface area (Å²) in [7, 11) is 0. The van der Waals surface area contributed by atoms with Crippen LogP contribution in [0, 0.1) is 5.41 Å². The highest BCUT2D eigenvalue weighted by molar-refractivity contribution is 5.77. The van der Waals surface area contributed by atoms with Crippen LogP contribution >= 0.6 is 0 Å². The Morgan fingerprint density at radius 1 is 1.32 bits per heavy atom. The largest absolute Gasteiger partial charge is 0.481 e. The monoisotopic (exact) mass is 272 g/mol. The van der Waals surface area contributed by atoms with Gasteiger partial charge in [-0.3, -0.25) is 4.79 Å². The number of amides is 2. The van der Waals surface area contributed by atoms with Crippen LogP contribution in [0.25, 0.3) is 0 Å². The Labute approximate surface area is 113 Å². The number of hydrogen-bond acceptors (Lipinski definition) is 3. The third-order valence-corrected chi connectivity index (χ3v) is 3.61. The molecule has 110 valence electrons. The molecule has 19 heavy (non-hydrogen) atoms. The molecule has 2 amide bonds. The zero-order valence-electron chi connectivity index (χ0n) is 11.7. The van der Waals surface area contributed by atoms with Gasteiger partial charge < -0.3 is 20.4 Å². The quantitative estimate of drug-likeness (QED) is 0.713. The molecule has 1 saturated heterocycles. The van der Waals surface area contributed by atoms with Crippen LogP contribution in [0.1, 0.15) is 39.5 Å². The van der Waals surface area contributed by atoms with Crippen molar-refractivity contribution in [2.75, 3.05) is 19.7 Å². The molecular weight excluding hydrogens is 248 g/mol. The first kappa shape index (κ1) is 15.8. The number of urea groups is 1. The molecule has 0 spiro atoms. The molecule has 0 radical (unpaired) electrons. The van der Waals surface area contributed by atoms with Crippen LogP contribution in [-0.2, 0) is 4.79 Å². The van der Waals surface area contributed by atoms with Crippen LogP contribution in [0.2, 0.25) is 0 Å². The van der Waals surface area contributed by atoms with E-state index in [9.17, 15) is 14.7 Å². The fourth-order valence-electron chi connectivity index (χ4n) is 2.11. The summed E-state index contributed by atoms with van der Waals surface area (Å²) in [6, 6.07) is -0.439. The second-order valence-corrected chi connectivity index (χ2v) is 5.73. The molecule has 1 aliphatic rings. The van der Waals surface area contributed by atoms with Gasteiger partial charge in [-0.1, -0.05) is 12.8 Å². The van der Waals surface area contributed by atoms with Crippen molar-refractivity contribution < 1.29 is 19.8 Å². The van der Waals surface area contributed by atoms with Crippen molar-refractivity contribution in [2.24, 2.45) is 5.41 Å². The number of carbonyl (C=O) groups is 2. The lowest BCUT2D eigenvalue weighted by molar-refractivity contribution is -0.146. The first-order valence-electron chi connectivity index (χ1n) is 6.77. The molecule has 1 heterocycles. The van der Waals surface area contributed by atoms with Gasteiger partial charge in [-0.2, -0.15) is 0 Å². The van der Waals surface area contributed by atoms with Crippen molar-refractivity contribution in [2.45, 2.75) is 45.6 Å². The van der Waals surface area contributed by atoms with Gasteiger partial charge in [0.1, 0.15) is 0 Å². The number of aliphatic hydroxyl groups excluding tert-OH is 1. The van der Waals surface area contributed by atoms with E-state index in [-0.39, 0.29) is 25.2 Å². The van der Waals surface area contributed by atoms with Crippen LogP contribution in [0.3, 0.4) is 0 Å². The number of rotatable bonds is 4. The molecule has 3 N–H and O–H groups in total. The van der Waals surface area contributed by atoms with Crippen LogP contribution in [-0.4, -0.2) is 52.9 Å². The molecular formula is C13H24N2O4. The molecule has 1 fully saturated rings. The van der Waals surface area contributed by atoms with Gasteiger partial charge in [0.15, 0.2) is 0 Å². The summed E-state index contributed by atoms with van der Waals surface area (Å²) in [4.78, 5) is 24.7. The average Bonchev–Trinajstić information content (AvgIpc) is 2.60. The highest BCUT2D eigenvalue weighted by Crippen LogP contribution is 2.17. The maximum atomic E-state index is 12.1. The zero-order chi connectivity index (χ0) is 14.5. The molecule has 1 unspecified atom stereocenters. The molecule has 1 aliphatic heterocycles. The highest BCUT2D eigenvalue weighted by atomic mass is 16.4. The number of aliphatic hydroxyl groups is 1. The van der Waals surface area contributed by atoms with Crippen molar-refractivity contribution in [1.82, 2.24) is 10.2 Å². The Balaban J connectivity index is 2.57. The summed E-state index contributed by atoms with van der Waals surface area (Å²) in [6.45, 7) is 3.79. The summed E-state index contributed by atoms with van der Waals surface area (Å²) >= 11 is 0. The lowest BCUT2D eigenvalue weighted by Crippen LogP contribution is -2.50. The van der Waals surface area contributed by atoms with Gasteiger partial charge >= 0.3 is 12.0 Å². The summed E-state index contributed by atoms with van der Waals surface area (Å²) < 4.78 is 0. The number of carboxylic acid groups (broad SMARTS) is 1. The lowest BCUT2D eigenvalue weighted by Gasteiger charge is -2.30. The highest BCUT2D eigenvalue weighted by Gasteiger charge is 2.30. The molecule has 0 bridgehead atoms. The number of aliphatic carboxylic acids is 1. The molecule has 6 nitrogen and oxygen atoms in total. The van der Waals surface area contributed by atoms with Gasteiger partial charge in [-0.05, 0) is 26.7 Å². The molecule has 0 aliphatic carbocycles. The second kappa shape index (κ2) is 6.75. The number of carboxylic acids is 1. The average molecular weight is 272 g/mol. The van der Waals surface area contributed by atoms with E-state index in [2.05, 4.69) is 5.32 Å². The minimum absolute atomic E-state index is 0.0459.